The summed E-state index contributed by atoms with van der Waals surface area (Å²) in [5.74, 6) is 0.193. The van der Waals surface area contributed by atoms with Crippen LogP contribution in [-0.2, 0) is 16.0 Å². The Morgan fingerprint density at radius 1 is 1.11 bits per heavy atom. The number of anilines is 1. The highest BCUT2D eigenvalue weighted by Gasteiger charge is 2.31. The third-order valence-corrected chi connectivity index (χ3v) is 6.97. The molecule has 1 N–H and O–H groups in total. The van der Waals surface area contributed by atoms with Crippen LogP contribution in [-0.4, -0.2) is 34.2 Å². The molecule has 0 bridgehead atoms. The summed E-state index contributed by atoms with van der Waals surface area (Å²) in [4.78, 5) is 27.3. The maximum atomic E-state index is 12.9. The van der Waals surface area contributed by atoms with Gasteiger partial charge in [0, 0.05) is 17.3 Å². The number of carbonyl (C=O) groups is 2. The van der Waals surface area contributed by atoms with Crippen molar-refractivity contribution >= 4 is 63.5 Å². The first-order valence-electron chi connectivity index (χ1n) is 11.0. The lowest BCUT2D eigenvalue weighted by atomic mass is 10.1. The van der Waals surface area contributed by atoms with E-state index in [1.165, 1.54) is 11.8 Å². The van der Waals surface area contributed by atoms with E-state index in [1.54, 1.807) is 29.2 Å². The highest BCUT2D eigenvalue weighted by molar-refractivity contribution is 8.26. The van der Waals surface area contributed by atoms with Crippen molar-refractivity contribution in [1.29, 1.82) is 0 Å². The first kappa shape index (κ1) is 25.0. The SMILES string of the molecule is Cc1ccc(Cl)cc1NC(=O)COc1ccc(/C=C2\SC(=S)N(CCc3ccccc3)C2=O)cc1. The summed E-state index contributed by atoms with van der Waals surface area (Å²) in [5.41, 5.74) is 3.58. The molecular formula is C27H23ClN2O3S2. The van der Waals surface area contributed by atoms with Gasteiger partial charge >= 0.3 is 0 Å². The molecule has 1 heterocycles. The van der Waals surface area contributed by atoms with Gasteiger partial charge in [0.25, 0.3) is 11.8 Å². The maximum Gasteiger partial charge on any atom is 0.266 e. The van der Waals surface area contributed by atoms with Crippen LogP contribution in [0.1, 0.15) is 16.7 Å². The van der Waals surface area contributed by atoms with Gasteiger partial charge in [-0.15, -0.1) is 0 Å². The van der Waals surface area contributed by atoms with Crippen molar-refractivity contribution in [2.24, 2.45) is 0 Å². The topological polar surface area (TPSA) is 58.6 Å². The van der Waals surface area contributed by atoms with E-state index in [0.29, 0.717) is 32.2 Å². The van der Waals surface area contributed by atoms with Gasteiger partial charge in [0.15, 0.2) is 6.61 Å². The number of carbonyl (C=O) groups excluding carboxylic acids is 2. The summed E-state index contributed by atoms with van der Waals surface area (Å²) < 4.78 is 6.17. The van der Waals surface area contributed by atoms with E-state index in [1.807, 2.05) is 61.5 Å². The lowest BCUT2D eigenvalue weighted by Crippen LogP contribution is -2.30. The number of amides is 2. The van der Waals surface area contributed by atoms with E-state index < -0.39 is 0 Å². The molecule has 1 aliphatic heterocycles. The number of thioether (sulfide) groups is 1. The fourth-order valence-electron chi connectivity index (χ4n) is 3.45. The molecule has 0 spiro atoms. The Bertz CT molecular complexity index is 1280. The average Bonchev–Trinajstić information content (AvgIpc) is 3.12. The molecular weight excluding hydrogens is 500 g/mol. The zero-order valence-electron chi connectivity index (χ0n) is 19.0. The third kappa shape index (κ3) is 6.72. The highest BCUT2D eigenvalue weighted by atomic mass is 35.5. The van der Waals surface area contributed by atoms with Crippen molar-refractivity contribution in [2.75, 3.05) is 18.5 Å². The molecule has 2 amide bonds. The van der Waals surface area contributed by atoms with Crippen molar-refractivity contribution in [3.05, 3.63) is 99.4 Å². The molecule has 178 valence electrons. The molecule has 0 unspecified atom stereocenters. The van der Waals surface area contributed by atoms with Gasteiger partial charge in [-0.3, -0.25) is 14.5 Å². The number of benzene rings is 3. The summed E-state index contributed by atoms with van der Waals surface area (Å²) in [5, 5.41) is 3.35. The van der Waals surface area contributed by atoms with Crippen molar-refractivity contribution < 1.29 is 14.3 Å². The van der Waals surface area contributed by atoms with Crippen LogP contribution in [0.5, 0.6) is 5.75 Å². The van der Waals surface area contributed by atoms with Crippen molar-refractivity contribution in [3.63, 3.8) is 0 Å². The largest absolute Gasteiger partial charge is 0.484 e. The summed E-state index contributed by atoms with van der Waals surface area (Å²) in [6.45, 7) is 2.31. The fourth-order valence-corrected chi connectivity index (χ4v) is 4.93. The molecule has 8 heteroatoms. The number of nitrogens with zero attached hydrogens (tertiary/aromatic N) is 1. The Labute approximate surface area is 219 Å². The number of halogens is 1. The van der Waals surface area contributed by atoms with Gasteiger partial charge in [-0.25, -0.2) is 0 Å². The minimum atomic E-state index is -0.279. The number of rotatable bonds is 8. The Morgan fingerprint density at radius 2 is 1.86 bits per heavy atom. The fraction of sp³-hybridized carbons (Fsp3) is 0.148. The molecule has 3 aromatic carbocycles. The van der Waals surface area contributed by atoms with Gasteiger partial charge in [0.1, 0.15) is 10.1 Å². The second-order valence-electron chi connectivity index (χ2n) is 7.93. The second kappa shape index (κ2) is 11.5. The predicted molar refractivity (Wildman–Crippen MR) is 147 cm³/mol. The first-order chi connectivity index (χ1) is 16.9. The summed E-state index contributed by atoms with van der Waals surface area (Å²) in [7, 11) is 0. The molecule has 3 aromatic rings. The smallest absolute Gasteiger partial charge is 0.266 e. The molecule has 1 aliphatic rings. The van der Waals surface area contributed by atoms with Gasteiger partial charge in [-0.05, 0) is 60.4 Å². The summed E-state index contributed by atoms with van der Waals surface area (Å²) in [6, 6.07) is 22.5. The Kier molecular flexibility index (Phi) is 8.23. The van der Waals surface area contributed by atoms with E-state index in [9.17, 15) is 9.59 Å². The summed E-state index contributed by atoms with van der Waals surface area (Å²) >= 11 is 12.7. The number of hydrogen-bond acceptors (Lipinski definition) is 5. The second-order valence-corrected chi connectivity index (χ2v) is 10.0. The normalized spacial score (nSPS) is 14.5. The van der Waals surface area contributed by atoms with Crippen molar-refractivity contribution in [3.8, 4) is 5.75 Å². The number of thiocarbonyl (C=S) groups is 1. The molecule has 0 radical (unpaired) electrons. The van der Waals surface area contributed by atoms with Gasteiger partial charge in [0.2, 0.25) is 0 Å². The molecule has 35 heavy (non-hydrogen) atoms. The van der Waals surface area contributed by atoms with E-state index in [4.69, 9.17) is 28.6 Å². The van der Waals surface area contributed by atoms with E-state index in [2.05, 4.69) is 5.32 Å². The van der Waals surface area contributed by atoms with E-state index >= 15 is 0 Å². The van der Waals surface area contributed by atoms with Gasteiger partial charge in [-0.2, -0.15) is 0 Å². The lowest BCUT2D eigenvalue weighted by molar-refractivity contribution is -0.122. The quantitative estimate of drug-likeness (QED) is 0.286. The van der Waals surface area contributed by atoms with Crippen LogP contribution < -0.4 is 10.1 Å². The van der Waals surface area contributed by atoms with E-state index in [-0.39, 0.29) is 18.4 Å². The van der Waals surface area contributed by atoms with Crippen molar-refractivity contribution in [2.45, 2.75) is 13.3 Å². The number of nitrogens with one attached hydrogen (secondary N) is 1. The van der Waals surface area contributed by atoms with Crippen LogP contribution >= 0.6 is 35.6 Å². The average molecular weight is 523 g/mol. The molecule has 4 rings (SSSR count). The van der Waals surface area contributed by atoms with Crippen LogP contribution in [0.2, 0.25) is 5.02 Å². The molecule has 0 atom stereocenters. The molecule has 0 aliphatic carbocycles. The number of aryl methyl sites for hydroxylation is 1. The third-order valence-electron chi connectivity index (χ3n) is 5.36. The highest BCUT2D eigenvalue weighted by Crippen LogP contribution is 2.33. The van der Waals surface area contributed by atoms with Gasteiger partial charge in [-0.1, -0.05) is 84.1 Å². The van der Waals surface area contributed by atoms with Crippen LogP contribution in [0.3, 0.4) is 0 Å². The standard InChI is InChI=1S/C27H23ClN2O3S2/c1-18-7-10-21(28)16-23(18)29-25(31)17-33-22-11-8-20(9-12-22)15-24-26(32)30(27(34)35-24)14-13-19-5-3-2-4-6-19/h2-12,15-16H,13-14,17H2,1H3,(H,29,31)/b24-15-. The van der Waals surface area contributed by atoms with Crippen LogP contribution in [0.15, 0.2) is 77.7 Å². The zero-order valence-corrected chi connectivity index (χ0v) is 21.4. The first-order valence-corrected chi connectivity index (χ1v) is 12.6. The molecule has 0 aromatic heterocycles. The van der Waals surface area contributed by atoms with Gasteiger partial charge < -0.3 is 10.1 Å². The Balaban J connectivity index is 1.31. The zero-order chi connectivity index (χ0) is 24.8. The predicted octanol–water partition coefficient (Wildman–Crippen LogP) is 6.11. The summed E-state index contributed by atoms with van der Waals surface area (Å²) in [6.07, 6.45) is 2.57. The lowest BCUT2D eigenvalue weighted by Gasteiger charge is -2.14. The van der Waals surface area contributed by atoms with Crippen LogP contribution in [0, 0.1) is 6.92 Å². The minimum Gasteiger partial charge on any atom is -0.484 e. The minimum absolute atomic E-state index is 0.0794. The monoisotopic (exact) mass is 522 g/mol. The van der Waals surface area contributed by atoms with E-state index in [0.717, 1.165) is 23.1 Å². The van der Waals surface area contributed by atoms with Crippen LogP contribution in [0.4, 0.5) is 5.69 Å². The number of hydrogen-bond donors (Lipinski definition) is 1. The molecule has 1 saturated heterocycles. The van der Waals surface area contributed by atoms with Gasteiger partial charge in [0.05, 0.1) is 4.91 Å². The van der Waals surface area contributed by atoms with Crippen molar-refractivity contribution in [1.82, 2.24) is 4.90 Å². The Morgan fingerprint density at radius 3 is 2.60 bits per heavy atom. The molecule has 1 fully saturated rings. The molecule has 0 saturated carbocycles. The molecule has 5 nitrogen and oxygen atoms in total. The Hall–Kier alpha value is -3.13. The number of ether oxygens (including phenoxy) is 1. The maximum absolute atomic E-state index is 12.9. The van der Waals surface area contributed by atoms with Crippen LogP contribution in [0.25, 0.3) is 6.08 Å².